The first-order chi connectivity index (χ1) is 8.31. The summed E-state index contributed by atoms with van der Waals surface area (Å²) in [6, 6.07) is 0. The van der Waals surface area contributed by atoms with Crippen LogP contribution in [0.5, 0.6) is 0 Å². The van der Waals surface area contributed by atoms with E-state index in [-0.39, 0.29) is 6.10 Å². The Hall–Kier alpha value is -0.300. The lowest BCUT2D eigenvalue weighted by molar-refractivity contribution is 0.201. The molecule has 1 atom stereocenters. The second-order valence-electron chi connectivity index (χ2n) is 4.94. The summed E-state index contributed by atoms with van der Waals surface area (Å²) in [6.45, 7) is 4.43. The van der Waals surface area contributed by atoms with Crippen LogP contribution < -0.4 is 0 Å². The van der Waals surface area contributed by atoms with Crippen LogP contribution >= 0.6 is 0 Å². The molecular formula is C16H31O. The van der Waals surface area contributed by atoms with Gasteiger partial charge in [0.1, 0.15) is 0 Å². The van der Waals surface area contributed by atoms with Gasteiger partial charge in [-0.1, -0.05) is 71.3 Å². The second-order valence-corrected chi connectivity index (χ2v) is 4.94. The van der Waals surface area contributed by atoms with Gasteiger partial charge in [-0.05, 0) is 25.3 Å². The highest BCUT2D eigenvalue weighted by Crippen LogP contribution is 2.08. The van der Waals surface area contributed by atoms with Gasteiger partial charge in [-0.15, -0.1) is 0 Å². The smallest absolute Gasteiger partial charge is 0.0790 e. The maximum Gasteiger partial charge on any atom is 0.0790 e. The van der Waals surface area contributed by atoms with Gasteiger partial charge < -0.3 is 5.11 Å². The Labute approximate surface area is 108 Å². The third-order valence-electron chi connectivity index (χ3n) is 3.09. The van der Waals surface area contributed by atoms with E-state index in [0.717, 1.165) is 19.3 Å². The molecule has 0 aromatic heterocycles. The average molecular weight is 239 g/mol. The van der Waals surface area contributed by atoms with Crippen molar-refractivity contribution in [1.82, 2.24) is 0 Å². The summed E-state index contributed by atoms with van der Waals surface area (Å²) in [5.74, 6) is 0. The number of allylic oxidation sites excluding steroid dienone is 1. The van der Waals surface area contributed by atoms with Crippen LogP contribution in [0.2, 0.25) is 0 Å². The SMILES string of the molecule is CCCCCCCC/C=[C]\C(O)CCCCC. The molecule has 0 rings (SSSR count). The molecule has 1 N–H and O–H groups in total. The Kier molecular flexibility index (Phi) is 13.5. The van der Waals surface area contributed by atoms with Crippen LogP contribution in [-0.4, -0.2) is 11.2 Å². The van der Waals surface area contributed by atoms with Crippen molar-refractivity contribution in [2.24, 2.45) is 0 Å². The highest BCUT2D eigenvalue weighted by Gasteiger charge is 1.98. The number of aliphatic hydroxyl groups is 1. The normalized spacial score (nSPS) is 13.4. The monoisotopic (exact) mass is 239 g/mol. The minimum atomic E-state index is -0.332. The number of rotatable bonds is 12. The Morgan fingerprint density at radius 2 is 1.47 bits per heavy atom. The van der Waals surface area contributed by atoms with Crippen molar-refractivity contribution in [3.8, 4) is 0 Å². The fourth-order valence-electron chi connectivity index (χ4n) is 1.92. The van der Waals surface area contributed by atoms with E-state index in [1.807, 2.05) is 6.08 Å². The van der Waals surface area contributed by atoms with E-state index in [1.54, 1.807) is 0 Å². The summed E-state index contributed by atoms with van der Waals surface area (Å²) in [7, 11) is 0. The van der Waals surface area contributed by atoms with Gasteiger partial charge in [0.05, 0.1) is 6.10 Å². The summed E-state index contributed by atoms with van der Waals surface area (Å²) >= 11 is 0. The molecule has 0 amide bonds. The van der Waals surface area contributed by atoms with Gasteiger partial charge in [0, 0.05) is 0 Å². The molecule has 0 bridgehead atoms. The van der Waals surface area contributed by atoms with Gasteiger partial charge in [-0.25, -0.2) is 0 Å². The van der Waals surface area contributed by atoms with Gasteiger partial charge in [0.25, 0.3) is 0 Å². The molecule has 0 aromatic rings. The number of unbranched alkanes of at least 4 members (excludes halogenated alkanes) is 8. The van der Waals surface area contributed by atoms with E-state index in [9.17, 15) is 5.11 Å². The molecule has 1 nitrogen and oxygen atoms in total. The van der Waals surface area contributed by atoms with Crippen LogP contribution in [0.25, 0.3) is 0 Å². The molecule has 0 fully saturated rings. The largest absolute Gasteiger partial charge is 0.388 e. The first-order valence-corrected chi connectivity index (χ1v) is 7.57. The minimum Gasteiger partial charge on any atom is -0.388 e. The molecule has 1 radical (unpaired) electrons. The summed E-state index contributed by atoms with van der Waals surface area (Å²) in [5.41, 5.74) is 0. The van der Waals surface area contributed by atoms with E-state index in [2.05, 4.69) is 19.9 Å². The Bertz CT molecular complexity index is 163. The average Bonchev–Trinajstić information content (AvgIpc) is 2.33. The molecule has 0 aromatic carbocycles. The summed E-state index contributed by atoms with van der Waals surface area (Å²) in [6.07, 6.45) is 18.3. The molecule has 0 heterocycles. The molecular weight excluding hydrogens is 208 g/mol. The Morgan fingerprint density at radius 1 is 0.882 bits per heavy atom. The fraction of sp³-hybridized carbons (Fsp3) is 0.875. The van der Waals surface area contributed by atoms with E-state index in [0.29, 0.717) is 0 Å². The van der Waals surface area contributed by atoms with E-state index in [4.69, 9.17) is 0 Å². The maximum absolute atomic E-state index is 9.61. The zero-order valence-electron chi connectivity index (χ0n) is 11.9. The van der Waals surface area contributed by atoms with Crippen molar-refractivity contribution < 1.29 is 5.11 Å². The van der Waals surface area contributed by atoms with Crippen molar-refractivity contribution in [2.75, 3.05) is 0 Å². The Balaban J connectivity index is 3.22. The lowest BCUT2D eigenvalue weighted by Gasteiger charge is -2.03. The van der Waals surface area contributed by atoms with Crippen LogP contribution in [-0.2, 0) is 0 Å². The molecule has 17 heavy (non-hydrogen) atoms. The second kappa shape index (κ2) is 13.8. The lowest BCUT2D eigenvalue weighted by Crippen LogP contribution is -2.02. The zero-order valence-corrected chi connectivity index (χ0v) is 11.9. The third kappa shape index (κ3) is 13.6. The predicted molar refractivity (Wildman–Crippen MR) is 76.0 cm³/mol. The highest BCUT2D eigenvalue weighted by molar-refractivity contribution is 4.80. The molecule has 0 saturated carbocycles. The fourth-order valence-corrected chi connectivity index (χ4v) is 1.92. The summed E-state index contributed by atoms with van der Waals surface area (Å²) < 4.78 is 0. The topological polar surface area (TPSA) is 20.2 Å². The van der Waals surface area contributed by atoms with Crippen LogP contribution in [0.15, 0.2) is 6.08 Å². The van der Waals surface area contributed by atoms with Crippen LogP contribution in [0, 0.1) is 6.08 Å². The maximum atomic E-state index is 9.61. The van der Waals surface area contributed by atoms with E-state index in [1.165, 1.54) is 51.4 Å². The van der Waals surface area contributed by atoms with Gasteiger partial charge in [-0.2, -0.15) is 0 Å². The predicted octanol–water partition coefficient (Wildman–Crippen LogP) is 5.04. The van der Waals surface area contributed by atoms with Crippen molar-refractivity contribution >= 4 is 0 Å². The molecule has 0 aliphatic heterocycles. The van der Waals surface area contributed by atoms with Crippen molar-refractivity contribution in [3.05, 3.63) is 12.2 Å². The molecule has 0 spiro atoms. The molecule has 0 saturated heterocycles. The Morgan fingerprint density at radius 3 is 2.18 bits per heavy atom. The first-order valence-electron chi connectivity index (χ1n) is 7.57. The van der Waals surface area contributed by atoms with Gasteiger partial charge in [-0.3, -0.25) is 0 Å². The minimum absolute atomic E-state index is 0.332. The van der Waals surface area contributed by atoms with Crippen molar-refractivity contribution in [1.29, 1.82) is 0 Å². The third-order valence-corrected chi connectivity index (χ3v) is 3.09. The number of aliphatic hydroxyl groups excluding tert-OH is 1. The van der Waals surface area contributed by atoms with E-state index < -0.39 is 0 Å². The lowest BCUT2D eigenvalue weighted by atomic mass is 10.1. The van der Waals surface area contributed by atoms with Crippen molar-refractivity contribution in [2.45, 2.75) is 90.6 Å². The highest BCUT2D eigenvalue weighted by atomic mass is 16.3. The zero-order chi connectivity index (χ0) is 12.8. The van der Waals surface area contributed by atoms with E-state index >= 15 is 0 Å². The van der Waals surface area contributed by atoms with Crippen LogP contribution in [0.1, 0.15) is 84.5 Å². The van der Waals surface area contributed by atoms with Gasteiger partial charge >= 0.3 is 0 Å². The molecule has 0 aliphatic rings. The summed E-state index contributed by atoms with van der Waals surface area (Å²) in [5, 5.41) is 9.61. The van der Waals surface area contributed by atoms with Gasteiger partial charge in [0.15, 0.2) is 0 Å². The van der Waals surface area contributed by atoms with Crippen LogP contribution in [0.4, 0.5) is 0 Å². The van der Waals surface area contributed by atoms with Gasteiger partial charge in [0.2, 0.25) is 0 Å². The number of hydrogen-bond donors (Lipinski definition) is 1. The number of hydrogen-bond acceptors (Lipinski definition) is 1. The van der Waals surface area contributed by atoms with Crippen LogP contribution in [0.3, 0.4) is 0 Å². The molecule has 1 unspecified atom stereocenters. The molecule has 1 heteroatoms. The summed E-state index contributed by atoms with van der Waals surface area (Å²) in [4.78, 5) is 0. The quantitative estimate of drug-likeness (QED) is 0.473. The molecule has 101 valence electrons. The standard InChI is InChI=1S/C16H31O/c1-3-5-7-8-9-10-11-13-15-16(17)14-12-6-4-2/h13,16-17H,3-12,14H2,1-2H3. The first kappa shape index (κ1) is 16.7. The molecule has 0 aliphatic carbocycles. The van der Waals surface area contributed by atoms with Crippen molar-refractivity contribution in [3.63, 3.8) is 0 Å².